The number of halogens is 1. The zero-order valence-electron chi connectivity index (χ0n) is 14.8. The van der Waals surface area contributed by atoms with E-state index in [-0.39, 0.29) is 0 Å². The molecule has 2 aromatic rings. The first-order valence-corrected chi connectivity index (χ1v) is 8.51. The van der Waals surface area contributed by atoms with E-state index in [1.165, 1.54) is 0 Å². The second kappa shape index (κ2) is 5.80. The summed E-state index contributed by atoms with van der Waals surface area (Å²) >= 11 is 6.73. The van der Waals surface area contributed by atoms with E-state index in [9.17, 15) is 0 Å². The Kier molecular flexibility index (Phi) is 4.19. The van der Waals surface area contributed by atoms with Crippen LogP contribution in [0.15, 0.2) is 36.4 Å². The van der Waals surface area contributed by atoms with Gasteiger partial charge in [-0.15, -0.1) is 0 Å². The number of rotatable bonds is 2. The molecule has 0 saturated carbocycles. The molecule has 1 aliphatic heterocycles. The molecule has 0 aliphatic carbocycles. The molecule has 5 heteroatoms. The molecule has 1 heterocycles. The largest absolute Gasteiger partial charge is 0.496 e. The van der Waals surface area contributed by atoms with E-state index in [1.54, 1.807) is 0 Å². The summed E-state index contributed by atoms with van der Waals surface area (Å²) in [4.78, 5) is 0. The summed E-state index contributed by atoms with van der Waals surface area (Å²) in [5, 5.41) is 0.643. The third kappa shape index (κ3) is 2.73. The number of hydrogen-bond acceptors (Lipinski definition) is 3. The van der Waals surface area contributed by atoms with Gasteiger partial charge in [0.15, 0.2) is 0 Å². The van der Waals surface area contributed by atoms with E-state index in [1.807, 2.05) is 71.0 Å². The van der Waals surface area contributed by atoms with E-state index in [0.717, 1.165) is 27.8 Å². The lowest BCUT2D eigenvalue weighted by molar-refractivity contribution is 0.00578. The van der Waals surface area contributed by atoms with Crippen LogP contribution in [0.2, 0.25) is 5.02 Å². The molecule has 2 N–H and O–H groups in total. The maximum Gasteiger partial charge on any atom is 0.496 e. The number of anilines is 1. The number of hydrogen-bond donors (Lipinski definition) is 1. The fourth-order valence-corrected chi connectivity index (χ4v) is 3.17. The van der Waals surface area contributed by atoms with Crippen LogP contribution in [-0.4, -0.2) is 18.3 Å². The molecule has 0 amide bonds. The molecule has 2 aromatic carbocycles. The van der Waals surface area contributed by atoms with Crippen molar-refractivity contribution in [1.29, 1.82) is 0 Å². The Morgan fingerprint density at radius 3 is 2.08 bits per heavy atom. The van der Waals surface area contributed by atoms with Crippen LogP contribution in [0.3, 0.4) is 0 Å². The van der Waals surface area contributed by atoms with E-state index in [2.05, 4.69) is 0 Å². The average molecular weight is 344 g/mol. The molecular weight excluding hydrogens is 320 g/mol. The number of nitrogen functional groups attached to an aromatic ring is 1. The minimum absolute atomic E-state index is 0.399. The molecule has 3 rings (SSSR count). The van der Waals surface area contributed by atoms with E-state index < -0.39 is 18.3 Å². The van der Waals surface area contributed by atoms with Crippen LogP contribution in [0.4, 0.5) is 5.69 Å². The van der Waals surface area contributed by atoms with Gasteiger partial charge in [0.2, 0.25) is 0 Å². The van der Waals surface area contributed by atoms with Gasteiger partial charge in [-0.1, -0.05) is 41.9 Å². The first-order chi connectivity index (χ1) is 11.1. The summed E-state index contributed by atoms with van der Waals surface area (Å²) in [7, 11) is -0.483. The van der Waals surface area contributed by atoms with Crippen LogP contribution in [0, 0.1) is 6.92 Å². The minimum atomic E-state index is -0.483. The molecule has 0 bridgehead atoms. The Morgan fingerprint density at radius 2 is 1.46 bits per heavy atom. The zero-order chi connectivity index (χ0) is 17.7. The second-order valence-electron chi connectivity index (χ2n) is 7.32. The fourth-order valence-electron chi connectivity index (χ4n) is 2.86. The Hall–Kier alpha value is -1.49. The van der Waals surface area contributed by atoms with Crippen LogP contribution in [-0.2, 0) is 9.31 Å². The summed E-state index contributed by atoms with van der Waals surface area (Å²) in [5.41, 5.74) is 9.83. The van der Waals surface area contributed by atoms with Crippen molar-refractivity contribution in [1.82, 2.24) is 0 Å². The van der Waals surface area contributed by atoms with Crippen molar-refractivity contribution in [3.8, 4) is 11.1 Å². The summed E-state index contributed by atoms with van der Waals surface area (Å²) in [6.45, 7) is 10.1. The molecule has 1 aliphatic rings. The quantitative estimate of drug-likeness (QED) is 0.656. The molecular formula is C19H23BClNO2. The highest BCUT2D eigenvalue weighted by atomic mass is 35.5. The standard InChI is InChI=1S/C19H23BClNO2/c1-12-13(8-7-11-16(12)22)14-9-6-10-15(17(14)21)20-23-18(2,3)19(4,5)24-20/h6-11H,22H2,1-5H3. The SMILES string of the molecule is Cc1c(N)cccc1-c1cccc(B2OC(C)(C)C(C)(C)O2)c1Cl. The van der Waals surface area contributed by atoms with Gasteiger partial charge in [0, 0.05) is 21.7 Å². The predicted octanol–water partition coefficient (Wildman–Crippen LogP) is 4.20. The van der Waals surface area contributed by atoms with Crippen molar-refractivity contribution in [2.75, 3.05) is 5.73 Å². The molecule has 126 valence electrons. The van der Waals surface area contributed by atoms with E-state index >= 15 is 0 Å². The summed E-state index contributed by atoms with van der Waals surface area (Å²) < 4.78 is 12.3. The zero-order valence-corrected chi connectivity index (χ0v) is 15.6. The second-order valence-corrected chi connectivity index (χ2v) is 7.69. The van der Waals surface area contributed by atoms with Gasteiger partial charge in [0.05, 0.1) is 11.2 Å². The van der Waals surface area contributed by atoms with Crippen molar-refractivity contribution in [3.63, 3.8) is 0 Å². The van der Waals surface area contributed by atoms with Crippen LogP contribution in [0.25, 0.3) is 11.1 Å². The Bertz CT molecular complexity index is 773. The average Bonchev–Trinajstić information content (AvgIpc) is 2.71. The third-order valence-electron chi connectivity index (χ3n) is 5.20. The van der Waals surface area contributed by atoms with Gasteiger partial charge in [0.1, 0.15) is 0 Å². The van der Waals surface area contributed by atoms with Gasteiger partial charge >= 0.3 is 7.12 Å². The maximum absolute atomic E-state index is 6.73. The van der Waals surface area contributed by atoms with Gasteiger partial charge in [0.25, 0.3) is 0 Å². The van der Waals surface area contributed by atoms with Gasteiger partial charge < -0.3 is 15.0 Å². The lowest BCUT2D eigenvalue weighted by Crippen LogP contribution is -2.41. The molecule has 1 fully saturated rings. The highest BCUT2D eigenvalue weighted by molar-refractivity contribution is 6.66. The highest BCUT2D eigenvalue weighted by Crippen LogP contribution is 2.38. The summed E-state index contributed by atoms with van der Waals surface area (Å²) in [5.74, 6) is 0. The van der Waals surface area contributed by atoms with Crippen LogP contribution < -0.4 is 11.2 Å². The molecule has 24 heavy (non-hydrogen) atoms. The Balaban J connectivity index is 2.06. The Morgan fingerprint density at radius 1 is 0.917 bits per heavy atom. The number of nitrogens with two attached hydrogens (primary N) is 1. The predicted molar refractivity (Wildman–Crippen MR) is 102 cm³/mol. The van der Waals surface area contributed by atoms with Crippen LogP contribution in [0.1, 0.15) is 33.3 Å². The molecule has 0 radical (unpaired) electrons. The van der Waals surface area contributed by atoms with Crippen molar-refractivity contribution in [2.24, 2.45) is 0 Å². The van der Waals surface area contributed by atoms with Crippen molar-refractivity contribution < 1.29 is 9.31 Å². The fraction of sp³-hybridized carbons (Fsp3) is 0.368. The topological polar surface area (TPSA) is 44.5 Å². The smallest absolute Gasteiger partial charge is 0.399 e. The number of benzene rings is 2. The highest BCUT2D eigenvalue weighted by Gasteiger charge is 2.52. The Labute approximate surface area is 149 Å². The maximum atomic E-state index is 6.73. The van der Waals surface area contributed by atoms with Crippen molar-refractivity contribution >= 4 is 29.9 Å². The lowest BCUT2D eigenvalue weighted by atomic mass is 9.77. The van der Waals surface area contributed by atoms with Crippen LogP contribution >= 0.6 is 11.6 Å². The van der Waals surface area contributed by atoms with Gasteiger partial charge in [-0.2, -0.15) is 0 Å². The first kappa shape index (κ1) is 17.3. The molecule has 0 spiro atoms. The van der Waals surface area contributed by atoms with Gasteiger partial charge in [-0.25, -0.2) is 0 Å². The molecule has 1 saturated heterocycles. The van der Waals surface area contributed by atoms with Crippen LogP contribution in [0.5, 0.6) is 0 Å². The molecule has 0 atom stereocenters. The molecule has 0 unspecified atom stereocenters. The summed E-state index contributed by atoms with van der Waals surface area (Å²) in [6.07, 6.45) is 0. The molecule has 0 aromatic heterocycles. The molecule has 3 nitrogen and oxygen atoms in total. The monoisotopic (exact) mass is 343 g/mol. The third-order valence-corrected chi connectivity index (χ3v) is 5.62. The first-order valence-electron chi connectivity index (χ1n) is 8.13. The normalized spacial score (nSPS) is 18.8. The lowest BCUT2D eigenvalue weighted by Gasteiger charge is -2.32. The van der Waals surface area contributed by atoms with Gasteiger partial charge in [-0.05, 0) is 51.8 Å². The van der Waals surface area contributed by atoms with E-state index in [0.29, 0.717) is 5.02 Å². The van der Waals surface area contributed by atoms with E-state index in [4.69, 9.17) is 26.6 Å². The van der Waals surface area contributed by atoms with Crippen molar-refractivity contribution in [2.45, 2.75) is 45.8 Å². The summed E-state index contributed by atoms with van der Waals surface area (Å²) in [6, 6.07) is 11.8. The van der Waals surface area contributed by atoms with Gasteiger partial charge in [-0.3, -0.25) is 0 Å². The van der Waals surface area contributed by atoms with Crippen molar-refractivity contribution in [3.05, 3.63) is 47.0 Å². The minimum Gasteiger partial charge on any atom is -0.399 e.